The van der Waals surface area contributed by atoms with Crippen LogP contribution in [0, 0.1) is 17.2 Å². The summed E-state index contributed by atoms with van der Waals surface area (Å²) < 4.78 is 10.8. The number of hydrogen-bond acceptors (Lipinski definition) is 5. The van der Waals surface area contributed by atoms with Crippen molar-refractivity contribution in [2.45, 2.75) is 19.9 Å². The smallest absolute Gasteiger partial charge is 0.328 e. The number of carbonyl (C=O) groups excluding carboxylic acids is 1. The van der Waals surface area contributed by atoms with Crippen molar-refractivity contribution in [2.75, 3.05) is 13.7 Å². The van der Waals surface area contributed by atoms with Gasteiger partial charge < -0.3 is 9.47 Å². The highest BCUT2D eigenvalue weighted by Crippen LogP contribution is 2.29. The molecule has 1 aromatic carbocycles. The highest BCUT2D eigenvalue weighted by molar-refractivity contribution is 9.10. The molecule has 0 bridgehead atoms. The first-order valence-electron chi connectivity index (χ1n) is 6.46. The van der Waals surface area contributed by atoms with Crippen LogP contribution in [0.15, 0.2) is 27.7 Å². The Balaban J connectivity index is 2.82. The number of methoxy groups -OCH3 is 1. The summed E-state index contributed by atoms with van der Waals surface area (Å²) in [4.78, 5) is 15.8. The number of nitrogens with zero attached hydrogens (tertiary/aromatic N) is 2. The van der Waals surface area contributed by atoms with Crippen molar-refractivity contribution in [3.05, 3.63) is 28.2 Å². The highest BCUT2D eigenvalue weighted by atomic mass is 79.9. The fourth-order valence-corrected chi connectivity index (χ4v) is 2.18. The minimum Gasteiger partial charge on any atom is -0.496 e. The van der Waals surface area contributed by atoms with Gasteiger partial charge in [-0.2, -0.15) is 5.26 Å². The fourth-order valence-electron chi connectivity index (χ4n) is 1.62. The van der Waals surface area contributed by atoms with Crippen LogP contribution >= 0.6 is 15.9 Å². The minimum absolute atomic E-state index is 0.183. The molecule has 112 valence electrons. The summed E-state index contributed by atoms with van der Waals surface area (Å²) in [5.41, 5.74) is 0.944. The third kappa shape index (κ3) is 4.87. The lowest BCUT2D eigenvalue weighted by molar-refractivity contribution is -0.143. The van der Waals surface area contributed by atoms with Gasteiger partial charge in [-0.3, -0.25) is 9.79 Å². The summed E-state index contributed by atoms with van der Waals surface area (Å²) in [5, 5.41) is 8.95. The molecule has 21 heavy (non-hydrogen) atoms. The molecule has 2 atom stereocenters. The molecule has 0 aromatic heterocycles. The Kier molecular flexibility index (Phi) is 6.89. The quantitative estimate of drug-likeness (QED) is 0.581. The van der Waals surface area contributed by atoms with Crippen LogP contribution in [0.25, 0.3) is 0 Å². The predicted molar refractivity (Wildman–Crippen MR) is 83.3 cm³/mol. The van der Waals surface area contributed by atoms with Gasteiger partial charge in [0.2, 0.25) is 0 Å². The van der Waals surface area contributed by atoms with Gasteiger partial charge in [0.25, 0.3) is 0 Å². The van der Waals surface area contributed by atoms with Crippen molar-refractivity contribution in [3.63, 3.8) is 0 Å². The summed E-state index contributed by atoms with van der Waals surface area (Å²) in [7, 11) is 1.60. The van der Waals surface area contributed by atoms with Gasteiger partial charge in [0.1, 0.15) is 5.75 Å². The summed E-state index contributed by atoms with van der Waals surface area (Å²) in [6.07, 6.45) is 1.33. The SMILES string of the molecule is CCOC(=O)[C@@H](C#N)C=N[C@H](C)c1ccc(OC)c(Br)c1. The monoisotopic (exact) mass is 352 g/mol. The third-order valence-corrected chi connectivity index (χ3v) is 3.42. The summed E-state index contributed by atoms with van der Waals surface area (Å²) in [5.74, 6) is -0.822. The van der Waals surface area contributed by atoms with Crippen molar-refractivity contribution >= 4 is 28.1 Å². The average molecular weight is 353 g/mol. The van der Waals surface area contributed by atoms with E-state index in [9.17, 15) is 4.79 Å². The lowest BCUT2D eigenvalue weighted by Crippen LogP contribution is -2.17. The lowest BCUT2D eigenvalue weighted by Gasteiger charge is -2.10. The Morgan fingerprint density at radius 1 is 1.57 bits per heavy atom. The van der Waals surface area contributed by atoms with Crippen molar-refractivity contribution in [3.8, 4) is 11.8 Å². The topological polar surface area (TPSA) is 71.7 Å². The molecule has 0 radical (unpaired) electrons. The van der Waals surface area contributed by atoms with Crippen LogP contribution in [0.5, 0.6) is 5.75 Å². The number of aliphatic imine (C=N–C) groups is 1. The van der Waals surface area contributed by atoms with E-state index in [0.717, 1.165) is 15.8 Å². The molecule has 0 spiro atoms. The van der Waals surface area contributed by atoms with Gasteiger partial charge in [-0.1, -0.05) is 6.07 Å². The second-order valence-electron chi connectivity index (χ2n) is 4.23. The Labute approximate surface area is 132 Å². The third-order valence-electron chi connectivity index (χ3n) is 2.80. The van der Waals surface area contributed by atoms with Crippen LogP contribution in [0.3, 0.4) is 0 Å². The maximum absolute atomic E-state index is 11.5. The number of ether oxygens (including phenoxy) is 2. The molecule has 0 heterocycles. The lowest BCUT2D eigenvalue weighted by atomic mass is 10.1. The molecule has 6 heteroatoms. The highest BCUT2D eigenvalue weighted by Gasteiger charge is 2.17. The molecule has 0 aliphatic rings. The number of benzene rings is 1. The van der Waals surface area contributed by atoms with Gasteiger partial charge in [-0.15, -0.1) is 0 Å². The van der Waals surface area contributed by atoms with Crippen LogP contribution in [-0.4, -0.2) is 25.9 Å². The molecule has 0 saturated carbocycles. The van der Waals surface area contributed by atoms with Crippen LogP contribution in [-0.2, 0) is 9.53 Å². The van der Waals surface area contributed by atoms with Gasteiger partial charge >= 0.3 is 5.97 Å². The molecule has 0 aliphatic heterocycles. The van der Waals surface area contributed by atoms with Crippen molar-refractivity contribution in [1.29, 1.82) is 5.26 Å². The predicted octanol–water partition coefficient (Wildman–Crippen LogP) is 3.29. The minimum atomic E-state index is -0.978. The molecule has 5 nitrogen and oxygen atoms in total. The number of rotatable bonds is 6. The van der Waals surface area contributed by atoms with E-state index in [2.05, 4.69) is 20.9 Å². The first-order valence-corrected chi connectivity index (χ1v) is 7.25. The molecular formula is C15H17BrN2O3. The van der Waals surface area contributed by atoms with Crippen molar-refractivity contribution < 1.29 is 14.3 Å². The van der Waals surface area contributed by atoms with E-state index in [4.69, 9.17) is 14.7 Å². The molecule has 1 rings (SSSR count). The number of hydrogen-bond donors (Lipinski definition) is 0. The zero-order chi connectivity index (χ0) is 15.8. The molecule has 0 amide bonds. The van der Waals surface area contributed by atoms with Gasteiger partial charge in [-0.25, -0.2) is 0 Å². The molecule has 0 aliphatic carbocycles. The first kappa shape index (κ1) is 17.2. The van der Waals surface area contributed by atoms with Gasteiger partial charge in [-0.05, 0) is 47.5 Å². The number of carbonyl (C=O) groups is 1. The normalized spacial score (nSPS) is 13.5. The van der Waals surface area contributed by atoms with Gasteiger partial charge in [0.05, 0.1) is 30.3 Å². The first-order chi connectivity index (χ1) is 10.0. The van der Waals surface area contributed by atoms with Crippen LogP contribution in [0.4, 0.5) is 0 Å². The second kappa shape index (κ2) is 8.42. The number of nitriles is 1. The second-order valence-corrected chi connectivity index (χ2v) is 5.08. The van der Waals surface area contributed by atoms with Crippen molar-refractivity contribution in [2.24, 2.45) is 10.9 Å². The van der Waals surface area contributed by atoms with E-state index < -0.39 is 11.9 Å². The number of halogens is 1. The Bertz CT molecular complexity index is 567. The summed E-state index contributed by atoms with van der Waals surface area (Å²) in [6.45, 7) is 3.82. The summed E-state index contributed by atoms with van der Waals surface area (Å²) in [6, 6.07) is 7.30. The van der Waals surface area contributed by atoms with E-state index in [1.165, 1.54) is 6.21 Å². The molecule has 1 aromatic rings. The Morgan fingerprint density at radius 3 is 2.81 bits per heavy atom. The summed E-state index contributed by atoms with van der Waals surface area (Å²) >= 11 is 3.41. The zero-order valence-corrected chi connectivity index (χ0v) is 13.8. The standard InChI is InChI=1S/C15H17BrN2O3/c1-4-21-15(19)12(8-17)9-18-10(2)11-5-6-14(20-3)13(16)7-11/h5-7,9-10,12H,4H2,1-3H3/t10-,12+/m1/s1. The van der Waals surface area contributed by atoms with Crippen LogP contribution in [0.2, 0.25) is 0 Å². The zero-order valence-electron chi connectivity index (χ0n) is 12.2. The van der Waals surface area contributed by atoms with E-state index >= 15 is 0 Å². The van der Waals surface area contributed by atoms with E-state index in [1.807, 2.05) is 31.2 Å². The maximum Gasteiger partial charge on any atom is 0.328 e. The maximum atomic E-state index is 11.5. The molecule has 0 N–H and O–H groups in total. The van der Waals surface area contributed by atoms with Gasteiger partial charge in [0, 0.05) is 6.21 Å². The molecule has 0 fully saturated rings. The molecular weight excluding hydrogens is 336 g/mol. The Hall–Kier alpha value is -1.87. The van der Waals surface area contributed by atoms with E-state index in [0.29, 0.717) is 0 Å². The van der Waals surface area contributed by atoms with Gasteiger partial charge in [0.15, 0.2) is 5.92 Å². The fraction of sp³-hybridized carbons (Fsp3) is 0.400. The average Bonchev–Trinajstić information content (AvgIpc) is 2.47. The molecule has 0 unspecified atom stereocenters. The van der Waals surface area contributed by atoms with Crippen LogP contribution < -0.4 is 4.74 Å². The Morgan fingerprint density at radius 2 is 2.29 bits per heavy atom. The van der Waals surface area contributed by atoms with Crippen LogP contribution in [0.1, 0.15) is 25.5 Å². The van der Waals surface area contributed by atoms with E-state index in [1.54, 1.807) is 14.0 Å². The largest absolute Gasteiger partial charge is 0.496 e. The number of esters is 1. The molecule has 0 saturated heterocycles. The van der Waals surface area contributed by atoms with E-state index in [-0.39, 0.29) is 12.6 Å². The van der Waals surface area contributed by atoms with Crippen molar-refractivity contribution in [1.82, 2.24) is 0 Å².